The SMILES string of the molecule is CC[C@H](C)[C@H](N)C(=O)N[C@@H](Cc1ccc(O)cc1)C(=O)N[C@H](C(=O)N[C@@H](CC(C)C)C(=O)N[C@H](C(=O)N[C@@H](CCSC)C(=O)N[C@@H](CC(C)C)C(=O)N[C@H](C(=O)N[C@@H](CC(C)C)C(=O)O)C(C)C)C(C)C)C(C)C. The average Bonchev–Trinajstić information content (AvgIpc) is 3.30. The lowest BCUT2D eigenvalue weighted by molar-refractivity contribution is -0.143. The molecule has 0 aliphatic carbocycles. The molecule has 0 bridgehead atoms. The fraction of sp³-hybridized carbons (Fsp3) is 0.717. The summed E-state index contributed by atoms with van der Waals surface area (Å²) in [5, 5.41) is 41.5. The van der Waals surface area contributed by atoms with E-state index >= 15 is 0 Å². The van der Waals surface area contributed by atoms with E-state index in [-0.39, 0.29) is 61.5 Å². The number of hydrogen-bond donors (Lipinski definition) is 11. The van der Waals surface area contributed by atoms with Crippen LogP contribution in [0.2, 0.25) is 0 Å². The second kappa shape index (κ2) is 32.8. The van der Waals surface area contributed by atoms with Gasteiger partial charge in [0, 0.05) is 6.42 Å². The number of phenolic OH excluding ortho intramolecular Hbond substituents is 1. The zero-order valence-corrected chi connectivity index (χ0v) is 47.4. The third kappa shape index (κ3) is 23.4. The van der Waals surface area contributed by atoms with Gasteiger partial charge in [-0.2, -0.15) is 11.8 Å². The number of hydrogen-bond acceptors (Lipinski definition) is 12. The Morgan fingerprint density at radius 3 is 1.19 bits per heavy atom. The van der Waals surface area contributed by atoms with Gasteiger partial charge < -0.3 is 58.5 Å². The average molecular weight is 1060 g/mol. The number of thioether (sulfide) groups is 1. The maximum Gasteiger partial charge on any atom is 0.326 e. The summed E-state index contributed by atoms with van der Waals surface area (Å²) in [6.07, 6.45) is 3.09. The molecule has 1 aromatic rings. The number of phenols is 1. The molecule has 0 heterocycles. The van der Waals surface area contributed by atoms with Crippen LogP contribution in [-0.2, 0) is 49.6 Å². The van der Waals surface area contributed by atoms with Crippen LogP contribution in [0.15, 0.2) is 24.3 Å². The number of carboxylic acids is 1. The van der Waals surface area contributed by atoms with Crippen LogP contribution in [0.25, 0.3) is 0 Å². The quantitative estimate of drug-likeness (QED) is 0.0483. The molecule has 12 N–H and O–H groups in total. The first-order valence-electron chi connectivity index (χ1n) is 26.1. The van der Waals surface area contributed by atoms with E-state index in [1.54, 1.807) is 53.7 Å². The molecule has 0 radical (unpaired) electrons. The molecule has 1 rings (SSSR count). The van der Waals surface area contributed by atoms with Crippen LogP contribution in [0.4, 0.5) is 0 Å². The van der Waals surface area contributed by atoms with Gasteiger partial charge in [0.05, 0.1) is 6.04 Å². The van der Waals surface area contributed by atoms with Crippen LogP contribution in [0, 0.1) is 41.4 Å². The van der Waals surface area contributed by atoms with Gasteiger partial charge in [0.1, 0.15) is 54.1 Å². The minimum Gasteiger partial charge on any atom is -0.508 e. The molecule has 74 heavy (non-hydrogen) atoms. The Bertz CT molecular complexity index is 2000. The number of nitrogens with two attached hydrogens (primary N) is 1. The maximum absolute atomic E-state index is 14.2. The molecule has 0 fully saturated rings. The lowest BCUT2D eigenvalue weighted by Gasteiger charge is -2.30. The van der Waals surface area contributed by atoms with Gasteiger partial charge in [-0.05, 0) is 96.8 Å². The maximum atomic E-state index is 14.2. The third-order valence-corrected chi connectivity index (χ3v) is 13.2. The van der Waals surface area contributed by atoms with Crippen LogP contribution >= 0.6 is 11.8 Å². The molecule has 420 valence electrons. The number of aliphatic carboxylic acids is 1. The lowest BCUT2D eigenvalue weighted by Crippen LogP contribution is -2.62. The van der Waals surface area contributed by atoms with Crippen molar-refractivity contribution in [2.24, 2.45) is 47.2 Å². The van der Waals surface area contributed by atoms with Crippen molar-refractivity contribution in [2.75, 3.05) is 12.0 Å². The van der Waals surface area contributed by atoms with E-state index in [0.29, 0.717) is 17.7 Å². The van der Waals surface area contributed by atoms with E-state index in [2.05, 4.69) is 42.5 Å². The second-order valence-corrected chi connectivity index (χ2v) is 22.8. The van der Waals surface area contributed by atoms with E-state index in [4.69, 9.17) is 5.73 Å². The van der Waals surface area contributed by atoms with E-state index in [0.717, 1.165) is 0 Å². The first-order valence-corrected chi connectivity index (χ1v) is 27.5. The zero-order valence-electron chi connectivity index (χ0n) is 46.6. The number of carboxylic acid groups (broad SMARTS) is 1. The molecule has 1 aromatic carbocycles. The first kappa shape index (κ1) is 66.6. The van der Waals surface area contributed by atoms with E-state index < -0.39 is 125 Å². The molecule has 0 aliphatic heterocycles. The van der Waals surface area contributed by atoms with Crippen molar-refractivity contribution in [1.82, 2.24) is 42.5 Å². The Hall–Kier alpha value is -5.44. The van der Waals surface area contributed by atoms with Crippen molar-refractivity contribution in [1.29, 1.82) is 0 Å². The van der Waals surface area contributed by atoms with Crippen molar-refractivity contribution in [2.45, 2.75) is 190 Å². The highest BCUT2D eigenvalue weighted by Gasteiger charge is 2.37. The Kier molecular flexibility index (Phi) is 29.5. The van der Waals surface area contributed by atoms with E-state index in [1.807, 2.05) is 61.6 Å². The molecule has 0 unspecified atom stereocenters. The summed E-state index contributed by atoms with van der Waals surface area (Å²) >= 11 is 1.43. The van der Waals surface area contributed by atoms with Crippen LogP contribution in [-0.4, -0.2) is 130 Å². The van der Waals surface area contributed by atoms with Gasteiger partial charge in [0.15, 0.2) is 0 Å². The second-order valence-electron chi connectivity index (χ2n) is 21.8. The van der Waals surface area contributed by atoms with Crippen molar-refractivity contribution in [3.05, 3.63) is 29.8 Å². The molecule has 0 aromatic heterocycles. The predicted octanol–water partition coefficient (Wildman–Crippen LogP) is 3.13. The Balaban J connectivity index is 3.42. The Morgan fingerprint density at radius 1 is 0.486 bits per heavy atom. The van der Waals surface area contributed by atoms with Crippen LogP contribution in [0.5, 0.6) is 5.75 Å². The summed E-state index contributed by atoms with van der Waals surface area (Å²) in [6.45, 7) is 25.0. The summed E-state index contributed by atoms with van der Waals surface area (Å²) in [4.78, 5) is 123. The van der Waals surface area contributed by atoms with Crippen molar-refractivity contribution in [3.8, 4) is 5.75 Å². The van der Waals surface area contributed by atoms with Crippen molar-refractivity contribution < 1.29 is 53.4 Å². The molecule has 10 atom stereocenters. The standard InChI is InChI=1S/C53H91N9O11S/c1-16-33(14)41(54)49(68)57-39(26-34-17-19-35(63)20-18-34)48(67)62-43(31(10)11)51(70)58-38(24-28(4)5)47(66)60-42(30(8)9)50(69)55-36(21-22-74-15)45(64)56-37(23-27(2)3)46(65)61-44(32(12)13)52(71)59-40(53(72)73)25-29(6)7/h17-20,27-33,36-44,63H,16,21-26,54H2,1-15H3,(H,55,69)(H,56,64)(H,57,68)(H,58,70)(H,59,71)(H,60,66)(H,61,65)(H,62,67)(H,72,73)/t33-,36-,37-,38-,39-,40-,41-,42-,43-,44-/m0/s1. The highest BCUT2D eigenvalue weighted by atomic mass is 32.2. The van der Waals surface area contributed by atoms with Gasteiger partial charge >= 0.3 is 5.97 Å². The van der Waals surface area contributed by atoms with Gasteiger partial charge in [0.25, 0.3) is 0 Å². The highest BCUT2D eigenvalue weighted by Crippen LogP contribution is 2.16. The van der Waals surface area contributed by atoms with Crippen LogP contribution < -0.4 is 48.3 Å². The number of aromatic hydroxyl groups is 1. The number of amides is 8. The lowest BCUT2D eigenvalue weighted by atomic mass is 9.97. The topological polar surface area (TPSA) is 316 Å². The summed E-state index contributed by atoms with van der Waals surface area (Å²) < 4.78 is 0. The Morgan fingerprint density at radius 2 is 0.824 bits per heavy atom. The monoisotopic (exact) mass is 1060 g/mol. The summed E-state index contributed by atoms with van der Waals surface area (Å²) in [7, 11) is 0. The van der Waals surface area contributed by atoms with Crippen molar-refractivity contribution in [3.63, 3.8) is 0 Å². The smallest absolute Gasteiger partial charge is 0.326 e. The third-order valence-electron chi connectivity index (χ3n) is 12.6. The molecule has 0 spiro atoms. The first-order chi connectivity index (χ1) is 34.4. The number of carbonyl (C=O) groups is 9. The molecular weight excluding hydrogens is 971 g/mol. The van der Waals surface area contributed by atoms with Gasteiger partial charge in [0.2, 0.25) is 47.3 Å². The number of carbonyl (C=O) groups excluding carboxylic acids is 8. The molecule has 8 amide bonds. The predicted molar refractivity (Wildman–Crippen MR) is 288 cm³/mol. The highest BCUT2D eigenvalue weighted by molar-refractivity contribution is 7.98. The summed E-state index contributed by atoms with van der Waals surface area (Å²) in [5.41, 5.74) is 6.84. The largest absolute Gasteiger partial charge is 0.508 e. The van der Waals surface area contributed by atoms with Gasteiger partial charge in [-0.25, -0.2) is 4.79 Å². The van der Waals surface area contributed by atoms with Gasteiger partial charge in [-0.3, -0.25) is 38.4 Å². The number of benzene rings is 1. The summed E-state index contributed by atoms with van der Waals surface area (Å²) in [5.74, 6) is -8.00. The fourth-order valence-electron chi connectivity index (χ4n) is 7.88. The van der Waals surface area contributed by atoms with Crippen LogP contribution in [0.1, 0.15) is 135 Å². The summed E-state index contributed by atoms with van der Waals surface area (Å²) in [6, 6.07) is -4.12. The molecular formula is C53H91N9O11S. The molecule has 20 nitrogen and oxygen atoms in total. The van der Waals surface area contributed by atoms with Crippen LogP contribution in [0.3, 0.4) is 0 Å². The van der Waals surface area contributed by atoms with E-state index in [1.165, 1.54) is 23.9 Å². The molecule has 0 aliphatic rings. The minimum atomic E-state index is -1.20. The fourth-order valence-corrected chi connectivity index (χ4v) is 8.36. The Labute approximate surface area is 443 Å². The minimum absolute atomic E-state index is 0.0116. The number of rotatable bonds is 33. The van der Waals surface area contributed by atoms with Gasteiger partial charge in [-0.15, -0.1) is 0 Å². The molecule has 21 heteroatoms. The molecule has 0 saturated heterocycles. The normalized spacial score (nSPS) is 15.7. The van der Waals surface area contributed by atoms with Crippen molar-refractivity contribution >= 4 is 65.0 Å². The van der Waals surface area contributed by atoms with E-state index in [9.17, 15) is 53.4 Å². The number of nitrogens with one attached hydrogen (secondary N) is 8. The van der Waals surface area contributed by atoms with Gasteiger partial charge in [-0.1, -0.05) is 115 Å². The molecule has 0 saturated carbocycles. The zero-order chi connectivity index (χ0) is 56.7.